The number of hydrogen-bond donors (Lipinski definition) is 11. The number of ether oxygens (including phenoxy) is 4. The first-order chi connectivity index (χ1) is 47.4. The van der Waals surface area contributed by atoms with Gasteiger partial charge in [0, 0.05) is 41.5 Å². The van der Waals surface area contributed by atoms with Gasteiger partial charge in [-0.05, 0) is 83.4 Å². The molecule has 6 aromatic rings. The lowest BCUT2D eigenvalue weighted by Gasteiger charge is -2.17. The van der Waals surface area contributed by atoms with Crippen molar-refractivity contribution in [2.75, 3.05) is 48.7 Å². The van der Waals surface area contributed by atoms with Gasteiger partial charge in [0.1, 0.15) is 52.7 Å². The van der Waals surface area contributed by atoms with Gasteiger partial charge in [0.25, 0.3) is 17.7 Å². The number of dihydropyridines is 1. The molecule has 0 spiro atoms. The molecular formula is C68H75ClN12O18. The fourth-order valence-electron chi connectivity index (χ4n) is 9.01. The van der Waals surface area contributed by atoms with Crippen molar-refractivity contribution in [1.82, 2.24) is 30.9 Å². The lowest BCUT2D eigenvalue weighted by atomic mass is 10.0. The van der Waals surface area contributed by atoms with E-state index in [0.29, 0.717) is 33.9 Å². The van der Waals surface area contributed by atoms with Crippen molar-refractivity contribution >= 4 is 106 Å². The summed E-state index contributed by atoms with van der Waals surface area (Å²) in [5, 5.41) is 48.8. The molecule has 522 valence electrons. The van der Waals surface area contributed by atoms with Crippen molar-refractivity contribution in [3.63, 3.8) is 0 Å². The Hall–Kier alpha value is -12.0. The van der Waals surface area contributed by atoms with Crippen molar-refractivity contribution in [3.05, 3.63) is 156 Å². The van der Waals surface area contributed by atoms with Crippen LogP contribution in [0.2, 0.25) is 0 Å². The number of aliphatic carboxylic acids is 2. The van der Waals surface area contributed by atoms with Gasteiger partial charge in [0.2, 0.25) is 11.8 Å². The summed E-state index contributed by atoms with van der Waals surface area (Å²) in [5.74, 6) is -8.58. The van der Waals surface area contributed by atoms with Gasteiger partial charge in [0.15, 0.2) is 5.84 Å². The topological polar surface area (TPSA) is 472 Å². The molecule has 0 fully saturated rings. The number of amides is 5. The third-order valence-corrected chi connectivity index (χ3v) is 13.9. The molecule has 0 unspecified atom stereocenters. The number of amidine groups is 2. The number of nitrogens with one attached hydrogen (secondary N) is 6. The molecule has 1 aliphatic rings. The summed E-state index contributed by atoms with van der Waals surface area (Å²) in [6.45, 7) is 7.41. The predicted molar refractivity (Wildman–Crippen MR) is 363 cm³/mol. The fraction of sp³-hybridized carbons (Fsp3) is 0.294. The molecule has 0 bridgehead atoms. The zero-order valence-electron chi connectivity index (χ0n) is 54.3. The maximum absolute atomic E-state index is 12.9. The first-order valence-corrected chi connectivity index (χ1v) is 31.4. The zero-order chi connectivity index (χ0) is 72.6. The van der Waals surface area contributed by atoms with E-state index in [9.17, 15) is 63.0 Å². The summed E-state index contributed by atoms with van der Waals surface area (Å²) in [6.07, 6.45) is -1.22. The van der Waals surface area contributed by atoms with Crippen LogP contribution in [0.25, 0.3) is 33.8 Å². The number of aliphatic hydroxyl groups is 1. The smallest absolute Gasteiger partial charge is 0.328 e. The number of aliphatic hydroxyl groups excluding tert-OH is 1. The molecule has 5 amide bonds. The highest BCUT2D eigenvalue weighted by Crippen LogP contribution is 2.30. The molecule has 1 aliphatic heterocycles. The molecule has 0 aliphatic carbocycles. The van der Waals surface area contributed by atoms with E-state index in [-0.39, 0.29) is 129 Å². The summed E-state index contributed by atoms with van der Waals surface area (Å²) in [6, 6.07) is 32.0. The Morgan fingerprint density at radius 1 is 0.515 bits per heavy atom. The quantitative estimate of drug-likeness (QED) is 0.0123. The van der Waals surface area contributed by atoms with E-state index in [1.54, 1.807) is 88.4 Å². The normalized spacial score (nSPS) is 12.3. The maximum Gasteiger partial charge on any atom is 0.328 e. The number of aliphatic imine (C=N–C) groups is 1. The van der Waals surface area contributed by atoms with Gasteiger partial charge >= 0.3 is 35.8 Å². The molecular weight excluding hydrogens is 1310 g/mol. The molecule has 31 heteroatoms. The number of anilines is 3. The number of nitrogen functional groups attached to an aromatic ring is 1. The minimum atomic E-state index is -1.44. The highest BCUT2D eigenvalue weighted by molar-refractivity contribution is 6.29. The summed E-state index contributed by atoms with van der Waals surface area (Å²) in [5.41, 5.74) is 15.6. The SMILES string of the molecule is CCOC(=O)CC[C@H](NC(=O)c1ccc(N)c(-c2ccccc2)n1)C(=O)OCC.CCOC(=O)CC[C@H](NC(=O)c1ccc(NC(=O)CCl)c(-c2ccccc2)n1)C(=O)OCC.N=C1N=C(N)CC(O)=C1CC(=O)Nc1ccc(C(=O)N[C@@H](CCC(=O)O)C(=O)O)nc1-c1ccccc1. The van der Waals surface area contributed by atoms with Gasteiger partial charge in [-0.15, -0.1) is 11.6 Å². The Kier molecular flexibility index (Phi) is 31.3. The number of halogens is 1. The Balaban J connectivity index is 0.000000270. The molecule has 4 heterocycles. The minimum Gasteiger partial charge on any atom is -0.511 e. The van der Waals surface area contributed by atoms with Gasteiger partial charge in [-0.25, -0.2) is 34.3 Å². The summed E-state index contributed by atoms with van der Waals surface area (Å²) >= 11 is 5.59. The van der Waals surface area contributed by atoms with Gasteiger partial charge < -0.3 is 72.3 Å². The Labute approximate surface area is 572 Å². The van der Waals surface area contributed by atoms with Crippen LogP contribution in [0.3, 0.4) is 0 Å². The van der Waals surface area contributed by atoms with E-state index in [1.165, 1.54) is 30.3 Å². The molecule has 0 radical (unpaired) electrons. The fourth-order valence-corrected chi connectivity index (χ4v) is 9.08. The van der Waals surface area contributed by atoms with Crippen LogP contribution < -0.4 is 38.1 Å². The number of nitrogens with zero attached hydrogens (tertiary/aromatic N) is 4. The molecule has 3 atom stereocenters. The second kappa shape index (κ2) is 39.8. The number of rotatable bonds is 30. The maximum atomic E-state index is 12.9. The number of nitrogens with two attached hydrogens (primary N) is 2. The summed E-state index contributed by atoms with van der Waals surface area (Å²) < 4.78 is 19.8. The van der Waals surface area contributed by atoms with Crippen molar-refractivity contribution in [2.24, 2.45) is 10.7 Å². The van der Waals surface area contributed by atoms with E-state index >= 15 is 0 Å². The Bertz CT molecular complexity index is 3950. The predicted octanol–water partition coefficient (Wildman–Crippen LogP) is 6.94. The van der Waals surface area contributed by atoms with E-state index in [0.717, 1.165) is 5.56 Å². The second-order valence-electron chi connectivity index (χ2n) is 20.9. The Morgan fingerprint density at radius 3 is 1.29 bits per heavy atom. The van der Waals surface area contributed by atoms with E-state index in [1.807, 2.05) is 36.4 Å². The molecule has 3 aromatic heterocycles. The first kappa shape index (κ1) is 77.8. The van der Waals surface area contributed by atoms with Gasteiger partial charge in [-0.3, -0.25) is 43.8 Å². The van der Waals surface area contributed by atoms with E-state index < -0.39 is 89.9 Å². The number of carboxylic acid groups (broad SMARTS) is 2. The standard InChI is InChI=1S/C24H24N6O7.C23H26ClN3O6.C21H25N3O5/c25-18-11-17(31)13(22(26)30-18)10-19(32)27-14-6-7-15(28-21(14)12-4-2-1-3-5-12)23(35)29-16(24(36)37)8-9-20(33)34;1-3-32-20(29)13-12-18(23(31)33-4-2)27-22(30)17-11-10-16(25-19(28)14-24)21(26-17)15-8-6-5-7-9-15;1-3-28-18(25)13-12-17(21(27)29-4-2)24-20(26)16-11-10-15(22)19(23-16)14-8-6-5-7-9-14/h1-7,16,31H,8-11H2,(H,27,32)(H,29,35)(H,33,34)(H,36,37)(H3,25,26,30);5-11,18H,3-4,12-14H2,1-2H3,(H,25,28)(H,27,30);5-11,17H,3-4,12-13,22H2,1-2H3,(H,24,26)/t16-;18-;17-/m000/s1. The summed E-state index contributed by atoms with van der Waals surface area (Å²) in [7, 11) is 0. The van der Waals surface area contributed by atoms with Crippen LogP contribution >= 0.6 is 11.6 Å². The number of esters is 4. The number of pyridine rings is 3. The lowest BCUT2D eigenvalue weighted by Crippen LogP contribution is -2.42. The van der Waals surface area contributed by atoms with Crippen molar-refractivity contribution in [2.45, 2.75) is 97.2 Å². The van der Waals surface area contributed by atoms with Crippen LogP contribution in [0, 0.1) is 5.41 Å². The lowest BCUT2D eigenvalue weighted by molar-refractivity contribution is -0.148. The van der Waals surface area contributed by atoms with Gasteiger partial charge in [-0.2, -0.15) is 0 Å². The Morgan fingerprint density at radius 2 is 0.899 bits per heavy atom. The zero-order valence-corrected chi connectivity index (χ0v) is 55.1. The summed E-state index contributed by atoms with van der Waals surface area (Å²) in [4.78, 5) is 150. The van der Waals surface area contributed by atoms with E-state index in [2.05, 4.69) is 46.5 Å². The first-order valence-electron chi connectivity index (χ1n) is 30.8. The van der Waals surface area contributed by atoms with Crippen molar-refractivity contribution in [3.8, 4) is 33.8 Å². The molecule has 99 heavy (non-hydrogen) atoms. The van der Waals surface area contributed by atoms with Crippen LogP contribution in [-0.4, -0.2) is 158 Å². The third-order valence-electron chi connectivity index (χ3n) is 13.7. The number of aromatic nitrogens is 3. The average Bonchev–Trinajstić information content (AvgIpc) is 0.839. The largest absolute Gasteiger partial charge is 0.511 e. The van der Waals surface area contributed by atoms with E-state index in [4.69, 9.17) is 52.5 Å². The van der Waals surface area contributed by atoms with Crippen LogP contribution in [0.5, 0.6) is 0 Å². The average molecular weight is 1380 g/mol. The van der Waals surface area contributed by atoms with Crippen molar-refractivity contribution < 1.29 is 87.0 Å². The number of alkyl halides is 1. The number of carboxylic acids is 2. The molecule has 13 N–H and O–H groups in total. The second-order valence-corrected chi connectivity index (χ2v) is 21.2. The monoisotopic (exact) mass is 1380 g/mol. The number of carbonyl (C=O) groups excluding carboxylic acids is 9. The van der Waals surface area contributed by atoms with Gasteiger partial charge in [0.05, 0.1) is 73.4 Å². The van der Waals surface area contributed by atoms with Crippen LogP contribution in [0.1, 0.15) is 111 Å². The molecule has 7 rings (SSSR count). The minimum absolute atomic E-state index is 0.0127. The van der Waals surface area contributed by atoms with Crippen LogP contribution in [-0.2, 0) is 57.3 Å². The molecule has 3 aromatic carbocycles. The molecule has 0 saturated heterocycles. The number of carbonyl (C=O) groups is 11. The van der Waals surface area contributed by atoms with Crippen LogP contribution in [0.15, 0.2) is 144 Å². The third kappa shape index (κ3) is 25.0. The van der Waals surface area contributed by atoms with Crippen molar-refractivity contribution in [1.29, 1.82) is 5.41 Å². The molecule has 30 nitrogen and oxygen atoms in total. The van der Waals surface area contributed by atoms with Gasteiger partial charge in [-0.1, -0.05) is 91.0 Å². The number of benzene rings is 3. The molecule has 0 saturated carbocycles. The number of hydrogen-bond acceptors (Lipinski definition) is 22. The highest BCUT2D eigenvalue weighted by atomic mass is 35.5. The van der Waals surface area contributed by atoms with Crippen LogP contribution in [0.4, 0.5) is 17.1 Å². The highest BCUT2D eigenvalue weighted by Gasteiger charge is 2.29.